The Morgan fingerprint density at radius 3 is 2.33 bits per heavy atom. The van der Waals surface area contributed by atoms with Gasteiger partial charge in [-0.15, -0.1) is 0 Å². The Labute approximate surface area is 148 Å². The highest BCUT2D eigenvalue weighted by Gasteiger charge is 2.21. The molecule has 24 heavy (non-hydrogen) atoms. The first kappa shape index (κ1) is 18.3. The second-order valence-electron chi connectivity index (χ2n) is 5.59. The van der Waals surface area contributed by atoms with Gasteiger partial charge in [0, 0.05) is 22.8 Å². The summed E-state index contributed by atoms with van der Waals surface area (Å²) in [6.07, 6.45) is 0. The minimum absolute atomic E-state index is 0.0337. The maximum absolute atomic E-state index is 12.4. The van der Waals surface area contributed by atoms with Crippen molar-refractivity contribution in [3.63, 3.8) is 0 Å². The quantitative estimate of drug-likeness (QED) is 0.752. The zero-order chi connectivity index (χ0) is 17.5. The van der Waals surface area contributed by atoms with Gasteiger partial charge in [0.1, 0.15) is 0 Å². The molecule has 0 aliphatic heterocycles. The number of carbonyl (C=O) groups excluding carboxylic acids is 1. The number of nitrogens with two attached hydrogens (primary N) is 1. The molecular formula is C19H24ClN3O. The third kappa shape index (κ3) is 4.49. The van der Waals surface area contributed by atoms with E-state index < -0.39 is 0 Å². The van der Waals surface area contributed by atoms with Crippen LogP contribution in [0.5, 0.6) is 0 Å². The number of hydrogen-bond donors (Lipinski definition) is 2. The van der Waals surface area contributed by atoms with Gasteiger partial charge in [0.25, 0.3) is 5.91 Å². The summed E-state index contributed by atoms with van der Waals surface area (Å²) in [5.41, 5.74) is 7.93. The van der Waals surface area contributed by atoms with E-state index >= 15 is 0 Å². The third-order valence-corrected chi connectivity index (χ3v) is 4.49. The highest BCUT2D eigenvalue weighted by Crippen LogP contribution is 2.27. The fraction of sp³-hybridized carbons (Fsp3) is 0.316. The Kier molecular flexibility index (Phi) is 6.64. The van der Waals surface area contributed by atoms with E-state index in [1.54, 1.807) is 24.3 Å². The van der Waals surface area contributed by atoms with Gasteiger partial charge in [0.15, 0.2) is 0 Å². The van der Waals surface area contributed by atoms with Gasteiger partial charge in [-0.3, -0.25) is 9.69 Å². The third-order valence-electron chi connectivity index (χ3n) is 4.15. The lowest BCUT2D eigenvalue weighted by Crippen LogP contribution is -2.38. The molecule has 0 aromatic heterocycles. The van der Waals surface area contributed by atoms with Crippen molar-refractivity contribution in [2.45, 2.75) is 19.9 Å². The van der Waals surface area contributed by atoms with Crippen LogP contribution in [0, 0.1) is 0 Å². The number of nitrogens with zero attached hydrogens (tertiary/aromatic N) is 1. The average Bonchev–Trinajstić information content (AvgIpc) is 2.60. The number of anilines is 1. The van der Waals surface area contributed by atoms with E-state index in [2.05, 4.69) is 24.1 Å². The molecule has 128 valence electrons. The standard InChI is InChI=1S/C19H24ClN3O/c1-3-23(4-2)18(16-7-5-6-8-17(16)20)13-22-19(24)14-9-11-15(21)12-10-14/h5-12,18H,3-4,13,21H2,1-2H3,(H,22,24). The van der Waals surface area contributed by atoms with Crippen molar-refractivity contribution in [3.05, 3.63) is 64.7 Å². The molecule has 2 aromatic carbocycles. The number of rotatable bonds is 7. The van der Waals surface area contributed by atoms with Crippen LogP contribution in [0.4, 0.5) is 5.69 Å². The molecule has 0 heterocycles. The first-order chi connectivity index (χ1) is 11.6. The van der Waals surface area contributed by atoms with Crippen LogP contribution in [0.25, 0.3) is 0 Å². The highest BCUT2D eigenvalue weighted by atomic mass is 35.5. The number of hydrogen-bond acceptors (Lipinski definition) is 3. The summed E-state index contributed by atoms with van der Waals surface area (Å²) in [4.78, 5) is 14.7. The lowest BCUT2D eigenvalue weighted by Gasteiger charge is -2.31. The number of nitrogen functional groups attached to an aromatic ring is 1. The molecule has 0 spiro atoms. The number of benzene rings is 2. The van der Waals surface area contributed by atoms with Crippen molar-refractivity contribution in [1.29, 1.82) is 0 Å². The summed E-state index contributed by atoms with van der Waals surface area (Å²) in [7, 11) is 0. The number of carbonyl (C=O) groups is 1. The van der Waals surface area contributed by atoms with E-state index in [9.17, 15) is 4.79 Å². The molecule has 0 fully saturated rings. The van der Waals surface area contributed by atoms with Crippen molar-refractivity contribution in [2.24, 2.45) is 0 Å². The summed E-state index contributed by atoms with van der Waals surface area (Å²) in [6, 6.07) is 14.7. The first-order valence-electron chi connectivity index (χ1n) is 8.19. The van der Waals surface area contributed by atoms with Gasteiger partial charge >= 0.3 is 0 Å². The lowest BCUT2D eigenvalue weighted by atomic mass is 10.0. The topological polar surface area (TPSA) is 58.4 Å². The summed E-state index contributed by atoms with van der Waals surface area (Å²) >= 11 is 6.37. The monoisotopic (exact) mass is 345 g/mol. The SMILES string of the molecule is CCN(CC)C(CNC(=O)c1ccc(N)cc1)c1ccccc1Cl. The van der Waals surface area contributed by atoms with Crippen LogP contribution in [0.1, 0.15) is 35.8 Å². The fourth-order valence-corrected chi connectivity index (χ4v) is 3.03. The Bertz CT molecular complexity index is 669. The maximum atomic E-state index is 12.4. The molecule has 1 amide bonds. The van der Waals surface area contributed by atoms with Crippen molar-refractivity contribution in [3.8, 4) is 0 Å². The number of nitrogens with one attached hydrogen (secondary N) is 1. The van der Waals surface area contributed by atoms with Gasteiger partial charge in [0.2, 0.25) is 0 Å². The molecule has 0 bridgehead atoms. The minimum atomic E-state index is -0.112. The van der Waals surface area contributed by atoms with Crippen molar-refractivity contribution >= 4 is 23.2 Å². The Balaban J connectivity index is 2.15. The van der Waals surface area contributed by atoms with E-state index in [0.29, 0.717) is 17.8 Å². The van der Waals surface area contributed by atoms with Crippen LogP contribution in [0.3, 0.4) is 0 Å². The largest absolute Gasteiger partial charge is 0.399 e. The van der Waals surface area contributed by atoms with E-state index in [-0.39, 0.29) is 11.9 Å². The molecule has 4 nitrogen and oxygen atoms in total. The highest BCUT2D eigenvalue weighted by molar-refractivity contribution is 6.31. The predicted octanol–water partition coefficient (Wildman–Crippen LogP) is 3.74. The molecular weight excluding hydrogens is 322 g/mol. The van der Waals surface area contributed by atoms with Gasteiger partial charge in [0.05, 0.1) is 6.04 Å². The van der Waals surface area contributed by atoms with E-state index in [0.717, 1.165) is 23.7 Å². The predicted molar refractivity (Wildman–Crippen MR) is 100 cm³/mol. The van der Waals surface area contributed by atoms with Crippen LogP contribution in [0.15, 0.2) is 48.5 Å². The molecule has 2 aromatic rings. The van der Waals surface area contributed by atoms with Gasteiger partial charge in [-0.2, -0.15) is 0 Å². The molecule has 0 saturated heterocycles. The van der Waals surface area contributed by atoms with Gasteiger partial charge < -0.3 is 11.1 Å². The van der Waals surface area contributed by atoms with E-state index in [4.69, 9.17) is 17.3 Å². The molecule has 0 radical (unpaired) electrons. The van der Waals surface area contributed by atoms with Crippen LogP contribution in [-0.4, -0.2) is 30.4 Å². The molecule has 1 unspecified atom stereocenters. The molecule has 5 heteroatoms. The van der Waals surface area contributed by atoms with Crippen molar-refractivity contribution < 1.29 is 4.79 Å². The molecule has 2 rings (SSSR count). The van der Waals surface area contributed by atoms with Crippen LogP contribution >= 0.6 is 11.6 Å². The summed E-state index contributed by atoms with van der Waals surface area (Å²) in [5.74, 6) is -0.112. The minimum Gasteiger partial charge on any atom is -0.399 e. The second kappa shape index (κ2) is 8.71. The van der Waals surface area contributed by atoms with E-state index in [1.165, 1.54) is 0 Å². The number of likely N-dealkylation sites (N-methyl/N-ethyl adjacent to an activating group) is 1. The van der Waals surface area contributed by atoms with Crippen LogP contribution < -0.4 is 11.1 Å². The van der Waals surface area contributed by atoms with Gasteiger partial charge in [-0.1, -0.05) is 43.6 Å². The van der Waals surface area contributed by atoms with E-state index in [1.807, 2.05) is 24.3 Å². The van der Waals surface area contributed by atoms with Gasteiger partial charge in [-0.25, -0.2) is 0 Å². The number of halogens is 1. The smallest absolute Gasteiger partial charge is 0.251 e. The first-order valence-corrected chi connectivity index (χ1v) is 8.56. The summed E-state index contributed by atoms with van der Waals surface area (Å²) in [6.45, 7) is 6.47. The normalized spacial score (nSPS) is 12.2. The van der Waals surface area contributed by atoms with Crippen LogP contribution in [-0.2, 0) is 0 Å². The van der Waals surface area contributed by atoms with Crippen molar-refractivity contribution in [1.82, 2.24) is 10.2 Å². The Morgan fingerprint density at radius 1 is 1.12 bits per heavy atom. The zero-order valence-electron chi connectivity index (χ0n) is 14.1. The summed E-state index contributed by atoms with van der Waals surface area (Å²) < 4.78 is 0. The molecule has 1 atom stereocenters. The maximum Gasteiger partial charge on any atom is 0.251 e. The fourth-order valence-electron chi connectivity index (χ4n) is 2.77. The Morgan fingerprint density at radius 2 is 1.75 bits per heavy atom. The summed E-state index contributed by atoms with van der Waals surface area (Å²) in [5, 5.41) is 3.73. The molecule has 0 aliphatic rings. The second-order valence-corrected chi connectivity index (χ2v) is 6.00. The van der Waals surface area contributed by atoms with Crippen LogP contribution in [0.2, 0.25) is 5.02 Å². The van der Waals surface area contributed by atoms with Gasteiger partial charge in [-0.05, 0) is 49.0 Å². The molecule has 0 aliphatic carbocycles. The average molecular weight is 346 g/mol. The Hall–Kier alpha value is -2.04. The molecule has 0 saturated carbocycles. The molecule has 3 N–H and O–H groups in total. The lowest BCUT2D eigenvalue weighted by molar-refractivity contribution is 0.0935. The van der Waals surface area contributed by atoms with Crippen molar-refractivity contribution in [2.75, 3.05) is 25.4 Å². The zero-order valence-corrected chi connectivity index (χ0v) is 14.9. The number of amides is 1.